The van der Waals surface area contributed by atoms with Gasteiger partial charge in [-0.15, -0.1) is 0 Å². The number of hydrogen-bond acceptors (Lipinski definition) is 3. The highest BCUT2D eigenvalue weighted by molar-refractivity contribution is 5.90. The Balaban J connectivity index is 2.19. The maximum atomic E-state index is 10.9. The van der Waals surface area contributed by atoms with Crippen LogP contribution < -0.4 is 0 Å². The Kier molecular flexibility index (Phi) is 5.04. The van der Waals surface area contributed by atoms with E-state index in [9.17, 15) is 10.4 Å². The second-order valence-corrected chi connectivity index (χ2v) is 9.74. The maximum Gasteiger partial charge on any atom is 0.149 e. The van der Waals surface area contributed by atoms with Gasteiger partial charge in [0.1, 0.15) is 17.6 Å². The Bertz CT molecular complexity index is 1110. The molecule has 0 radical (unpaired) electrons. The number of H-pyrrole nitrogens is 1. The zero-order chi connectivity index (χ0) is 21.6. The predicted molar refractivity (Wildman–Crippen MR) is 120 cm³/mol. The summed E-state index contributed by atoms with van der Waals surface area (Å²) in [5, 5.41) is 20.7. The summed E-state index contributed by atoms with van der Waals surface area (Å²) in [6.45, 7) is 14.5. The Morgan fingerprint density at radius 2 is 1.62 bits per heavy atom. The van der Waals surface area contributed by atoms with Crippen LogP contribution in [0.2, 0.25) is 0 Å². The topological polar surface area (TPSA) is 72.7 Å². The number of hydrogen-bond donors (Lipinski definition) is 2. The van der Waals surface area contributed by atoms with Crippen molar-refractivity contribution in [2.24, 2.45) is 0 Å². The van der Waals surface area contributed by atoms with Crippen LogP contribution in [-0.2, 0) is 10.8 Å². The standard InChI is InChI=1S/C25H29N3O/c1-15-8-9-20-21(10-15)28-23(27-20)17(14-26)11-16-12-18(24(2,3)4)22(29)19(13-16)25(5,6)7/h8-13,29H,1-7H3,(H,27,28)/b17-11-. The number of nitrogens with zero attached hydrogens (tertiary/aromatic N) is 2. The minimum absolute atomic E-state index is 0.225. The number of nitriles is 1. The monoisotopic (exact) mass is 387 g/mol. The fraction of sp³-hybridized carbons (Fsp3) is 0.360. The number of benzene rings is 2. The molecular formula is C25H29N3O. The van der Waals surface area contributed by atoms with Crippen LogP contribution in [0, 0.1) is 18.3 Å². The Labute approximate surface area is 172 Å². The van der Waals surface area contributed by atoms with Crippen molar-refractivity contribution in [1.82, 2.24) is 9.97 Å². The fourth-order valence-corrected chi connectivity index (χ4v) is 3.45. The van der Waals surface area contributed by atoms with Crippen molar-refractivity contribution in [1.29, 1.82) is 5.26 Å². The molecule has 0 bridgehead atoms. The molecule has 1 heterocycles. The van der Waals surface area contributed by atoms with Gasteiger partial charge in [0.25, 0.3) is 0 Å². The Morgan fingerprint density at radius 3 is 2.14 bits per heavy atom. The van der Waals surface area contributed by atoms with Crippen molar-refractivity contribution in [3.63, 3.8) is 0 Å². The molecule has 2 aromatic carbocycles. The molecule has 0 aliphatic heterocycles. The van der Waals surface area contributed by atoms with Crippen LogP contribution in [0.15, 0.2) is 30.3 Å². The highest BCUT2D eigenvalue weighted by Gasteiger charge is 2.26. The second kappa shape index (κ2) is 7.08. The first kappa shape index (κ1) is 20.7. The molecule has 0 amide bonds. The van der Waals surface area contributed by atoms with E-state index in [0.29, 0.717) is 17.1 Å². The molecule has 0 fully saturated rings. The molecule has 4 nitrogen and oxygen atoms in total. The summed E-state index contributed by atoms with van der Waals surface area (Å²) < 4.78 is 0. The third-order valence-corrected chi connectivity index (χ3v) is 5.07. The molecule has 0 saturated carbocycles. The molecule has 150 valence electrons. The highest BCUT2D eigenvalue weighted by atomic mass is 16.3. The van der Waals surface area contributed by atoms with Gasteiger partial charge in [0, 0.05) is 11.1 Å². The summed E-state index contributed by atoms with van der Waals surface area (Å²) in [5.74, 6) is 0.885. The third kappa shape index (κ3) is 4.19. The van der Waals surface area contributed by atoms with Crippen LogP contribution in [0.3, 0.4) is 0 Å². The van der Waals surface area contributed by atoms with E-state index in [0.717, 1.165) is 33.3 Å². The first-order chi connectivity index (χ1) is 13.4. The summed E-state index contributed by atoms with van der Waals surface area (Å²) in [7, 11) is 0. The molecule has 0 aliphatic rings. The van der Waals surface area contributed by atoms with Crippen LogP contribution in [0.25, 0.3) is 22.7 Å². The molecular weight excluding hydrogens is 358 g/mol. The predicted octanol–water partition coefficient (Wildman–Crippen LogP) is 6.24. The van der Waals surface area contributed by atoms with E-state index < -0.39 is 0 Å². The summed E-state index contributed by atoms with van der Waals surface area (Å²) in [5.41, 5.74) is 5.52. The number of imidazole rings is 1. The van der Waals surface area contributed by atoms with Crippen LogP contribution in [0.4, 0.5) is 0 Å². The molecule has 29 heavy (non-hydrogen) atoms. The lowest BCUT2D eigenvalue weighted by Gasteiger charge is -2.28. The van der Waals surface area contributed by atoms with Crippen molar-refractivity contribution in [2.75, 3.05) is 0 Å². The lowest BCUT2D eigenvalue weighted by molar-refractivity contribution is 0.423. The highest BCUT2D eigenvalue weighted by Crippen LogP contribution is 2.40. The van der Waals surface area contributed by atoms with E-state index in [1.54, 1.807) is 0 Å². The van der Waals surface area contributed by atoms with E-state index >= 15 is 0 Å². The normalized spacial score (nSPS) is 13.0. The van der Waals surface area contributed by atoms with Gasteiger partial charge < -0.3 is 10.1 Å². The van der Waals surface area contributed by atoms with Gasteiger partial charge in [0.2, 0.25) is 0 Å². The summed E-state index contributed by atoms with van der Waals surface area (Å²) in [4.78, 5) is 7.84. The van der Waals surface area contributed by atoms with Crippen molar-refractivity contribution < 1.29 is 5.11 Å². The van der Waals surface area contributed by atoms with Crippen LogP contribution in [0.5, 0.6) is 5.75 Å². The number of allylic oxidation sites excluding steroid dienone is 1. The van der Waals surface area contributed by atoms with Gasteiger partial charge >= 0.3 is 0 Å². The average Bonchev–Trinajstić information content (AvgIpc) is 3.01. The van der Waals surface area contributed by atoms with Gasteiger partial charge in [-0.05, 0) is 59.2 Å². The van der Waals surface area contributed by atoms with Gasteiger partial charge in [0.05, 0.1) is 16.6 Å². The summed E-state index contributed by atoms with van der Waals surface area (Å²) in [6, 6.07) is 12.2. The molecule has 0 unspecified atom stereocenters. The van der Waals surface area contributed by atoms with Gasteiger partial charge in [0.15, 0.2) is 0 Å². The number of aryl methyl sites for hydroxylation is 1. The molecule has 1 aromatic heterocycles. The fourth-order valence-electron chi connectivity index (χ4n) is 3.45. The number of fused-ring (bicyclic) bond motifs is 1. The molecule has 3 aromatic rings. The lowest BCUT2D eigenvalue weighted by atomic mass is 9.78. The summed E-state index contributed by atoms with van der Waals surface area (Å²) >= 11 is 0. The van der Waals surface area contributed by atoms with Crippen molar-refractivity contribution in [3.05, 3.63) is 58.4 Å². The number of aromatic nitrogens is 2. The molecule has 0 atom stereocenters. The Hall–Kier alpha value is -3.06. The molecule has 4 heteroatoms. The smallest absolute Gasteiger partial charge is 0.149 e. The van der Waals surface area contributed by atoms with E-state index in [1.807, 2.05) is 43.3 Å². The Morgan fingerprint density at radius 1 is 1.03 bits per heavy atom. The number of aromatic hydroxyl groups is 1. The van der Waals surface area contributed by atoms with Crippen molar-refractivity contribution in [2.45, 2.75) is 59.3 Å². The average molecular weight is 388 g/mol. The molecule has 3 rings (SSSR count). The number of phenols is 1. The molecule has 0 saturated heterocycles. The summed E-state index contributed by atoms with van der Waals surface area (Å²) in [6.07, 6.45) is 1.84. The van der Waals surface area contributed by atoms with Crippen LogP contribution in [-0.4, -0.2) is 15.1 Å². The molecule has 0 aliphatic carbocycles. The van der Waals surface area contributed by atoms with E-state index in [4.69, 9.17) is 0 Å². The van der Waals surface area contributed by atoms with Gasteiger partial charge in [-0.1, -0.05) is 47.6 Å². The number of rotatable bonds is 2. The molecule has 2 N–H and O–H groups in total. The van der Waals surface area contributed by atoms with Crippen LogP contribution in [0.1, 0.15) is 69.6 Å². The number of phenolic OH excluding ortho intramolecular Hbond substituents is 1. The van der Waals surface area contributed by atoms with Crippen molar-refractivity contribution in [3.8, 4) is 11.8 Å². The number of aromatic amines is 1. The third-order valence-electron chi connectivity index (χ3n) is 5.07. The lowest BCUT2D eigenvalue weighted by Crippen LogP contribution is -2.17. The minimum Gasteiger partial charge on any atom is -0.507 e. The van der Waals surface area contributed by atoms with E-state index in [-0.39, 0.29) is 10.8 Å². The quantitative estimate of drug-likeness (QED) is 0.511. The van der Waals surface area contributed by atoms with Crippen molar-refractivity contribution >= 4 is 22.7 Å². The second-order valence-electron chi connectivity index (χ2n) is 9.74. The van der Waals surface area contributed by atoms with Gasteiger partial charge in [-0.2, -0.15) is 5.26 Å². The first-order valence-electron chi connectivity index (χ1n) is 9.86. The van der Waals surface area contributed by atoms with E-state index in [2.05, 4.69) is 57.6 Å². The SMILES string of the molecule is Cc1ccc2nc(/C(C#N)=C\c3cc(C(C)(C)C)c(O)c(C(C)(C)C)c3)[nH]c2c1. The maximum absolute atomic E-state index is 10.9. The van der Waals surface area contributed by atoms with Crippen LogP contribution >= 0.6 is 0 Å². The van der Waals surface area contributed by atoms with E-state index in [1.165, 1.54) is 0 Å². The number of nitrogens with one attached hydrogen (secondary N) is 1. The molecule has 0 spiro atoms. The largest absolute Gasteiger partial charge is 0.507 e. The van der Waals surface area contributed by atoms with Gasteiger partial charge in [-0.3, -0.25) is 0 Å². The van der Waals surface area contributed by atoms with Gasteiger partial charge in [-0.25, -0.2) is 4.98 Å². The zero-order valence-electron chi connectivity index (χ0n) is 18.3. The zero-order valence-corrected chi connectivity index (χ0v) is 18.3. The first-order valence-corrected chi connectivity index (χ1v) is 9.86. The minimum atomic E-state index is -0.225.